The van der Waals surface area contributed by atoms with E-state index in [1.807, 2.05) is 11.0 Å². The number of rotatable bonds is 8. The number of nitrogens with one attached hydrogen (secondary N) is 1. The Hall–Kier alpha value is -2.44. The fraction of sp³-hybridized carbons (Fsp3) is 0.556. The average molecular weight is 344 g/mol. The van der Waals surface area contributed by atoms with Crippen molar-refractivity contribution in [2.45, 2.75) is 45.1 Å². The third-order valence-electron chi connectivity index (χ3n) is 4.71. The van der Waals surface area contributed by atoms with Gasteiger partial charge in [-0.2, -0.15) is 4.98 Å². The van der Waals surface area contributed by atoms with E-state index in [2.05, 4.69) is 22.2 Å². The van der Waals surface area contributed by atoms with Crippen molar-refractivity contribution in [1.82, 2.24) is 20.2 Å². The summed E-state index contributed by atoms with van der Waals surface area (Å²) in [5, 5.41) is 2.66. The molecule has 0 aromatic carbocycles. The van der Waals surface area contributed by atoms with Gasteiger partial charge in [-0.1, -0.05) is 19.8 Å². The number of fused-ring (bicyclic) bond motifs is 1. The molecule has 3 heterocycles. The Morgan fingerprint density at radius 1 is 1.56 bits per heavy atom. The molecule has 2 aromatic rings. The van der Waals surface area contributed by atoms with Crippen LogP contribution in [0.3, 0.4) is 0 Å². The highest BCUT2D eigenvalue weighted by Gasteiger charge is 2.36. The number of carbonyl (C=O) groups excluding carboxylic acids is 2. The lowest BCUT2D eigenvalue weighted by Crippen LogP contribution is -2.40. The summed E-state index contributed by atoms with van der Waals surface area (Å²) in [4.78, 5) is 34.2. The molecule has 7 heteroatoms. The van der Waals surface area contributed by atoms with Crippen LogP contribution < -0.4 is 5.32 Å². The normalized spacial score (nSPS) is 18.4. The second-order valence-electron chi connectivity index (χ2n) is 6.43. The standard InChI is InChI=1S/C18H24N4O3/c1-2-3-6-13(11-19-12-23)18(24)22-10-5-7-14(22)17-21-16-15(25-17)8-4-9-20-16/h4,8-9,12-14H,2-3,5-7,10-11H2,1H3,(H,19,23)/t13-,14+/m1/s1. The summed E-state index contributed by atoms with van der Waals surface area (Å²) < 4.78 is 5.84. The first-order valence-corrected chi connectivity index (χ1v) is 8.93. The monoisotopic (exact) mass is 344 g/mol. The summed E-state index contributed by atoms with van der Waals surface area (Å²) in [5.74, 6) is 0.422. The number of nitrogens with zero attached hydrogens (tertiary/aromatic N) is 3. The molecule has 1 fully saturated rings. The van der Waals surface area contributed by atoms with Gasteiger partial charge in [-0.3, -0.25) is 9.59 Å². The van der Waals surface area contributed by atoms with Crippen LogP contribution in [0, 0.1) is 5.92 Å². The van der Waals surface area contributed by atoms with Gasteiger partial charge in [0.25, 0.3) is 0 Å². The Bertz CT molecular complexity index is 697. The van der Waals surface area contributed by atoms with Gasteiger partial charge < -0.3 is 14.6 Å². The van der Waals surface area contributed by atoms with E-state index in [1.54, 1.807) is 12.3 Å². The molecule has 7 nitrogen and oxygen atoms in total. The van der Waals surface area contributed by atoms with Crippen molar-refractivity contribution < 1.29 is 14.0 Å². The zero-order chi connectivity index (χ0) is 17.6. The van der Waals surface area contributed by atoms with Gasteiger partial charge in [0.2, 0.25) is 18.2 Å². The highest BCUT2D eigenvalue weighted by Crippen LogP contribution is 2.34. The van der Waals surface area contributed by atoms with Crippen LogP contribution in [0.4, 0.5) is 0 Å². The van der Waals surface area contributed by atoms with Crippen LogP contribution in [0.2, 0.25) is 0 Å². The molecule has 0 saturated carbocycles. The number of oxazole rings is 1. The number of hydrogen-bond donors (Lipinski definition) is 1. The number of amides is 2. The molecule has 0 unspecified atom stereocenters. The second kappa shape index (κ2) is 8.09. The van der Waals surface area contributed by atoms with Crippen molar-refractivity contribution in [3.63, 3.8) is 0 Å². The van der Waals surface area contributed by atoms with E-state index in [9.17, 15) is 9.59 Å². The summed E-state index contributed by atoms with van der Waals surface area (Å²) in [6, 6.07) is 3.49. The minimum Gasteiger partial charge on any atom is -0.437 e. The van der Waals surface area contributed by atoms with Crippen molar-refractivity contribution in [2.75, 3.05) is 13.1 Å². The minimum absolute atomic E-state index is 0.0699. The molecule has 1 aliphatic heterocycles. The molecule has 2 aromatic heterocycles. The summed E-state index contributed by atoms with van der Waals surface area (Å²) in [5.41, 5.74) is 1.21. The van der Waals surface area contributed by atoms with E-state index in [1.165, 1.54) is 0 Å². The fourth-order valence-electron chi connectivity index (χ4n) is 3.40. The first-order chi connectivity index (χ1) is 12.2. The topological polar surface area (TPSA) is 88.3 Å². The van der Waals surface area contributed by atoms with Crippen LogP contribution >= 0.6 is 0 Å². The Labute approximate surface area is 146 Å². The zero-order valence-electron chi connectivity index (χ0n) is 14.5. The van der Waals surface area contributed by atoms with Crippen LogP contribution in [0.1, 0.15) is 51.0 Å². The molecule has 1 saturated heterocycles. The average Bonchev–Trinajstić information content (AvgIpc) is 3.27. The number of aromatic nitrogens is 2. The predicted octanol–water partition coefficient (Wildman–Crippen LogP) is 2.44. The third-order valence-corrected chi connectivity index (χ3v) is 4.71. The highest BCUT2D eigenvalue weighted by molar-refractivity contribution is 5.80. The van der Waals surface area contributed by atoms with E-state index < -0.39 is 0 Å². The van der Waals surface area contributed by atoms with Gasteiger partial charge in [-0.05, 0) is 31.4 Å². The quantitative estimate of drug-likeness (QED) is 0.743. The van der Waals surface area contributed by atoms with E-state index in [0.29, 0.717) is 36.6 Å². The molecular weight excluding hydrogens is 320 g/mol. The SMILES string of the molecule is CCCC[C@H](CNC=O)C(=O)N1CCC[C@H]1c1nc2ncccc2o1. The Morgan fingerprint density at radius 2 is 2.44 bits per heavy atom. The van der Waals surface area contributed by atoms with E-state index in [0.717, 1.165) is 32.1 Å². The maximum atomic E-state index is 13.0. The van der Waals surface area contributed by atoms with E-state index in [4.69, 9.17) is 4.42 Å². The molecule has 3 rings (SSSR count). The third kappa shape index (κ3) is 3.81. The lowest BCUT2D eigenvalue weighted by Gasteiger charge is -2.27. The van der Waals surface area contributed by atoms with Crippen molar-refractivity contribution in [2.24, 2.45) is 5.92 Å². The van der Waals surface area contributed by atoms with Gasteiger partial charge in [-0.25, -0.2) is 4.98 Å². The molecule has 2 amide bonds. The second-order valence-corrected chi connectivity index (χ2v) is 6.43. The first kappa shape index (κ1) is 17.4. The lowest BCUT2D eigenvalue weighted by atomic mass is 10.00. The summed E-state index contributed by atoms with van der Waals surface area (Å²) in [7, 11) is 0. The molecule has 1 N–H and O–H groups in total. The molecular formula is C18H24N4O3. The Morgan fingerprint density at radius 3 is 3.20 bits per heavy atom. The number of pyridine rings is 1. The smallest absolute Gasteiger partial charge is 0.228 e. The Balaban J connectivity index is 1.78. The van der Waals surface area contributed by atoms with Crippen molar-refractivity contribution in [1.29, 1.82) is 0 Å². The molecule has 0 spiro atoms. The fourth-order valence-corrected chi connectivity index (χ4v) is 3.40. The van der Waals surface area contributed by atoms with Gasteiger partial charge >= 0.3 is 0 Å². The van der Waals surface area contributed by atoms with Crippen LogP contribution in [0.15, 0.2) is 22.7 Å². The summed E-state index contributed by atoms with van der Waals surface area (Å²) in [6.45, 7) is 3.17. The molecule has 0 radical (unpaired) electrons. The van der Waals surface area contributed by atoms with Gasteiger partial charge in [0.05, 0.1) is 5.92 Å². The van der Waals surface area contributed by atoms with E-state index in [-0.39, 0.29) is 17.9 Å². The summed E-state index contributed by atoms with van der Waals surface area (Å²) in [6.07, 6.45) is 6.84. The minimum atomic E-state index is -0.201. The number of unbranched alkanes of at least 4 members (excludes halogenated alkanes) is 1. The molecule has 0 aliphatic carbocycles. The van der Waals surface area contributed by atoms with Crippen LogP contribution in [0.25, 0.3) is 11.2 Å². The summed E-state index contributed by atoms with van der Waals surface area (Å²) >= 11 is 0. The van der Waals surface area contributed by atoms with Gasteiger partial charge in [-0.15, -0.1) is 0 Å². The van der Waals surface area contributed by atoms with Crippen LogP contribution in [-0.4, -0.2) is 40.3 Å². The number of carbonyl (C=O) groups is 2. The molecule has 2 atom stereocenters. The lowest BCUT2D eigenvalue weighted by molar-refractivity contribution is -0.137. The van der Waals surface area contributed by atoms with Crippen LogP contribution in [-0.2, 0) is 9.59 Å². The molecule has 1 aliphatic rings. The van der Waals surface area contributed by atoms with Crippen molar-refractivity contribution in [3.8, 4) is 0 Å². The Kier molecular flexibility index (Phi) is 5.63. The van der Waals surface area contributed by atoms with Gasteiger partial charge in [0, 0.05) is 19.3 Å². The number of likely N-dealkylation sites (tertiary alicyclic amines) is 1. The molecule has 134 valence electrons. The largest absolute Gasteiger partial charge is 0.437 e. The maximum Gasteiger partial charge on any atom is 0.228 e. The number of hydrogen-bond acceptors (Lipinski definition) is 5. The molecule has 25 heavy (non-hydrogen) atoms. The predicted molar refractivity (Wildman–Crippen MR) is 92.6 cm³/mol. The highest BCUT2D eigenvalue weighted by atomic mass is 16.4. The van der Waals surface area contributed by atoms with Gasteiger partial charge in [0.1, 0.15) is 6.04 Å². The van der Waals surface area contributed by atoms with Gasteiger partial charge in [0.15, 0.2) is 11.2 Å². The zero-order valence-corrected chi connectivity index (χ0v) is 14.5. The van der Waals surface area contributed by atoms with Crippen LogP contribution in [0.5, 0.6) is 0 Å². The van der Waals surface area contributed by atoms with Crippen molar-refractivity contribution in [3.05, 3.63) is 24.2 Å². The van der Waals surface area contributed by atoms with Crippen molar-refractivity contribution >= 4 is 23.5 Å². The maximum absolute atomic E-state index is 13.0. The first-order valence-electron chi connectivity index (χ1n) is 8.93. The van der Waals surface area contributed by atoms with E-state index >= 15 is 0 Å². The molecule has 0 bridgehead atoms.